The van der Waals surface area contributed by atoms with Crippen LogP contribution in [0, 0.1) is 0 Å². The lowest BCUT2D eigenvalue weighted by molar-refractivity contribution is 0.0139. The number of hydrazine groups is 1. The van der Waals surface area contributed by atoms with E-state index in [4.69, 9.17) is 9.47 Å². The van der Waals surface area contributed by atoms with Gasteiger partial charge >= 0.3 is 0 Å². The first-order chi connectivity index (χ1) is 13.8. The van der Waals surface area contributed by atoms with E-state index in [1.54, 1.807) is 0 Å². The standard InChI is InChI=1S/C24H43N3O2/c1-21(2)28-17-8-6-7-11-22-12-9-13-23(19-22)29-18-16-26-14-10-15-27(20-26)25-24(3,4)5/h9,12-13,19,21,25H,6-8,10-11,14-18,20H2,1-5H3. The van der Waals surface area contributed by atoms with Gasteiger partial charge in [-0.3, -0.25) is 4.90 Å². The zero-order valence-corrected chi connectivity index (χ0v) is 19.4. The summed E-state index contributed by atoms with van der Waals surface area (Å²) in [5.74, 6) is 0.993. The third-order valence-electron chi connectivity index (χ3n) is 4.90. The summed E-state index contributed by atoms with van der Waals surface area (Å²) in [7, 11) is 0. The van der Waals surface area contributed by atoms with Crippen LogP contribution in [0.4, 0.5) is 0 Å². The molecule has 1 aliphatic rings. The average Bonchev–Trinajstić information content (AvgIpc) is 2.64. The van der Waals surface area contributed by atoms with Gasteiger partial charge in [0.2, 0.25) is 0 Å². The van der Waals surface area contributed by atoms with E-state index in [1.807, 2.05) is 0 Å². The van der Waals surface area contributed by atoms with Gasteiger partial charge in [-0.2, -0.15) is 0 Å². The molecule has 0 bridgehead atoms. The summed E-state index contributed by atoms with van der Waals surface area (Å²) in [6.07, 6.45) is 6.21. The fourth-order valence-corrected chi connectivity index (χ4v) is 3.63. The molecule has 0 saturated carbocycles. The van der Waals surface area contributed by atoms with Crippen LogP contribution in [-0.2, 0) is 11.2 Å². The molecule has 0 aliphatic carbocycles. The van der Waals surface area contributed by atoms with Gasteiger partial charge in [-0.1, -0.05) is 18.6 Å². The van der Waals surface area contributed by atoms with Crippen molar-refractivity contribution in [1.29, 1.82) is 0 Å². The Morgan fingerprint density at radius 2 is 1.90 bits per heavy atom. The van der Waals surface area contributed by atoms with Crippen molar-refractivity contribution in [3.8, 4) is 5.75 Å². The Hall–Kier alpha value is -1.14. The zero-order chi connectivity index (χ0) is 21.1. The Morgan fingerprint density at radius 1 is 1.07 bits per heavy atom. The van der Waals surface area contributed by atoms with Crippen molar-refractivity contribution in [2.24, 2.45) is 0 Å². The molecule has 29 heavy (non-hydrogen) atoms. The first-order valence-corrected chi connectivity index (χ1v) is 11.4. The number of aryl methyl sites for hydroxylation is 1. The molecule has 1 aromatic rings. The van der Waals surface area contributed by atoms with Crippen LogP contribution in [0.15, 0.2) is 24.3 Å². The van der Waals surface area contributed by atoms with Crippen molar-refractivity contribution in [2.75, 3.05) is 39.5 Å². The molecule has 1 heterocycles. The van der Waals surface area contributed by atoms with Crippen molar-refractivity contribution < 1.29 is 9.47 Å². The van der Waals surface area contributed by atoms with E-state index in [0.29, 0.717) is 6.10 Å². The molecule has 1 aromatic carbocycles. The minimum atomic E-state index is 0.112. The van der Waals surface area contributed by atoms with Gasteiger partial charge in [0, 0.05) is 31.8 Å². The number of nitrogens with zero attached hydrogens (tertiary/aromatic N) is 2. The van der Waals surface area contributed by atoms with Crippen LogP contribution in [-0.4, -0.2) is 61.1 Å². The van der Waals surface area contributed by atoms with Gasteiger partial charge in [0.05, 0.1) is 12.8 Å². The van der Waals surface area contributed by atoms with E-state index in [1.165, 1.54) is 24.8 Å². The number of nitrogens with one attached hydrogen (secondary N) is 1. The lowest BCUT2D eigenvalue weighted by Gasteiger charge is -2.39. The lowest BCUT2D eigenvalue weighted by atomic mass is 10.1. The van der Waals surface area contributed by atoms with Crippen molar-refractivity contribution in [2.45, 2.75) is 78.4 Å². The fraction of sp³-hybridized carbons (Fsp3) is 0.750. The van der Waals surface area contributed by atoms with Gasteiger partial charge < -0.3 is 9.47 Å². The maximum absolute atomic E-state index is 6.06. The lowest BCUT2D eigenvalue weighted by Crippen LogP contribution is -2.56. The van der Waals surface area contributed by atoms with Gasteiger partial charge in [0.1, 0.15) is 12.4 Å². The number of hydrogen-bond donors (Lipinski definition) is 1. The van der Waals surface area contributed by atoms with Crippen LogP contribution in [0.25, 0.3) is 0 Å². The van der Waals surface area contributed by atoms with Crippen molar-refractivity contribution in [1.82, 2.24) is 15.3 Å². The van der Waals surface area contributed by atoms with Gasteiger partial charge in [0.15, 0.2) is 0 Å². The molecule has 2 rings (SSSR count). The maximum Gasteiger partial charge on any atom is 0.119 e. The number of hydrogen-bond acceptors (Lipinski definition) is 5. The highest BCUT2D eigenvalue weighted by atomic mass is 16.5. The highest BCUT2D eigenvalue weighted by molar-refractivity contribution is 5.28. The molecule has 0 aromatic heterocycles. The minimum absolute atomic E-state index is 0.112. The van der Waals surface area contributed by atoms with Gasteiger partial charge in [-0.15, -0.1) is 0 Å². The average molecular weight is 406 g/mol. The third-order valence-corrected chi connectivity index (χ3v) is 4.90. The SMILES string of the molecule is CC(C)OCCCCCc1cccc(OCCN2CCCN(NC(C)(C)C)C2)c1. The van der Waals surface area contributed by atoms with Crippen molar-refractivity contribution in [3.63, 3.8) is 0 Å². The monoisotopic (exact) mass is 405 g/mol. The third kappa shape index (κ3) is 11.0. The molecule has 5 nitrogen and oxygen atoms in total. The van der Waals surface area contributed by atoms with E-state index in [-0.39, 0.29) is 5.54 Å². The van der Waals surface area contributed by atoms with Crippen molar-refractivity contribution in [3.05, 3.63) is 29.8 Å². The predicted octanol–water partition coefficient (Wildman–Crippen LogP) is 4.47. The molecule has 1 N–H and O–H groups in total. The topological polar surface area (TPSA) is 37.0 Å². The summed E-state index contributed by atoms with van der Waals surface area (Å²) in [6.45, 7) is 16.6. The molecule has 1 saturated heterocycles. The molecule has 0 radical (unpaired) electrons. The molecule has 0 atom stereocenters. The van der Waals surface area contributed by atoms with E-state index in [9.17, 15) is 0 Å². The van der Waals surface area contributed by atoms with Crippen LogP contribution < -0.4 is 10.2 Å². The largest absolute Gasteiger partial charge is 0.492 e. The molecule has 166 valence electrons. The maximum atomic E-state index is 6.06. The summed E-state index contributed by atoms with van der Waals surface area (Å²) in [5, 5.41) is 2.33. The van der Waals surface area contributed by atoms with E-state index >= 15 is 0 Å². The number of unbranched alkanes of at least 4 members (excludes halogenated alkanes) is 2. The second-order valence-corrected chi connectivity index (χ2v) is 9.46. The fourth-order valence-electron chi connectivity index (χ4n) is 3.63. The zero-order valence-electron chi connectivity index (χ0n) is 19.4. The number of benzene rings is 1. The minimum Gasteiger partial charge on any atom is -0.492 e. The van der Waals surface area contributed by atoms with Crippen LogP contribution in [0.1, 0.15) is 65.9 Å². The highest BCUT2D eigenvalue weighted by Gasteiger charge is 2.21. The molecule has 1 aliphatic heterocycles. The molecular formula is C24H43N3O2. The Balaban J connectivity index is 1.64. The molecule has 0 unspecified atom stereocenters. The van der Waals surface area contributed by atoms with Crippen molar-refractivity contribution >= 4 is 0 Å². The Morgan fingerprint density at radius 3 is 2.66 bits per heavy atom. The first-order valence-electron chi connectivity index (χ1n) is 11.4. The molecular weight excluding hydrogens is 362 g/mol. The van der Waals surface area contributed by atoms with Gasteiger partial charge in [-0.25, -0.2) is 10.4 Å². The van der Waals surface area contributed by atoms with Crippen LogP contribution in [0.2, 0.25) is 0 Å². The van der Waals surface area contributed by atoms with E-state index in [2.05, 4.69) is 74.2 Å². The Kier molecular flexibility index (Phi) is 10.4. The summed E-state index contributed by atoms with van der Waals surface area (Å²) in [4.78, 5) is 2.46. The smallest absolute Gasteiger partial charge is 0.119 e. The summed E-state index contributed by atoms with van der Waals surface area (Å²) >= 11 is 0. The van der Waals surface area contributed by atoms with Crippen LogP contribution in [0.3, 0.4) is 0 Å². The molecule has 0 spiro atoms. The second kappa shape index (κ2) is 12.5. The molecule has 1 fully saturated rings. The van der Waals surface area contributed by atoms with E-state index < -0.39 is 0 Å². The first kappa shape index (κ1) is 24.1. The highest BCUT2D eigenvalue weighted by Crippen LogP contribution is 2.16. The van der Waals surface area contributed by atoms with Gasteiger partial charge in [-0.05, 0) is 78.0 Å². The summed E-state index contributed by atoms with van der Waals surface area (Å²) in [6, 6.07) is 8.60. The molecule has 5 heteroatoms. The number of rotatable bonds is 12. The summed E-state index contributed by atoms with van der Waals surface area (Å²) in [5.41, 5.74) is 5.06. The normalized spacial score (nSPS) is 16.5. The Labute approximate surface area is 178 Å². The molecule has 0 amide bonds. The van der Waals surface area contributed by atoms with Crippen LogP contribution >= 0.6 is 0 Å². The Bertz CT molecular complexity index is 571. The predicted molar refractivity (Wildman–Crippen MR) is 121 cm³/mol. The van der Waals surface area contributed by atoms with Crippen LogP contribution in [0.5, 0.6) is 5.75 Å². The second-order valence-electron chi connectivity index (χ2n) is 9.46. The number of ether oxygens (including phenoxy) is 2. The van der Waals surface area contributed by atoms with Gasteiger partial charge in [0.25, 0.3) is 0 Å². The van der Waals surface area contributed by atoms with E-state index in [0.717, 1.165) is 58.1 Å². The summed E-state index contributed by atoms with van der Waals surface area (Å²) < 4.78 is 11.7. The quantitative estimate of drug-likeness (QED) is 0.519.